The summed E-state index contributed by atoms with van der Waals surface area (Å²) in [6, 6.07) is 6.21. The maximum Gasteiger partial charge on any atom is 0.270 e. The fourth-order valence-electron chi connectivity index (χ4n) is 1.44. The molecular formula is C11H7BrClN3O4S. The fraction of sp³-hybridized carbons (Fsp3) is 0. The third kappa shape index (κ3) is 3.69. The molecule has 0 saturated heterocycles. The molecule has 2 rings (SSSR count). The van der Waals surface area contributed by atoms with Crippen LogP contribution in [0.25, 0.3) is 0 Å². The Morgan fingerprint density at radius 3 is 2.57 bits per heavy atom. The molecule has 2 aromatic rings. The second kappa shape index (κ2) is 5.96. The van der Waals surface area contributed by atoms with Gasteiger partial charge < -0.3 is 0 Å². The Labute approximate surface area is 133 Å². The SMILES string of the molecule is O=[N+]([O-])c1ccc(Cl)c(S(=O)(=O)Nc2ccc(Br)cn2)c1. The van der Waals surface area contributed by atoms with Crippen LogP contribution < -0.4 is 4.72 Å². The molecule has 0 aliphatic heterocycles. The standard InChI is InChI=1S/C11H7BrClN3O4S/c12-7-1-4-11(14-6-7)15-21(19,20)10-5-8(16(17)18)2-3-9(10)13/h1-6H,(H,14,15). The average molecular weight is 393 g/mol. The van der Waals surface area contributed by atoms with Crippen molar-refractivity contribution < 1.29 is 13.3 Å². The molecule has 0 aliphatic rings. The van der Waals surface area contributed by atoms with Gasteiger partial charge in [-0.1, -0.05) is 11.6 Å². The van der Waals surface area contributed by atoms with E-state index in [2.05, 4.69) is 25.6 Å². The summed E-state index contributed by atoms with van der Waals surface area (Å²) in [4.78, 5) is 13.5. The quantitative estimate of drug-likeness (QED) is 0.636. The van der Waals surface area contributed by atoms with E-state index in [0.717, 1.165) is 18.2 Å². The minimum absolute atomic E-state index is 0.0702. The van der Waals surface area contributed by atoms with Crippen LogP contribution in [0.3, 0.4) is 0 Å². The molecule has 0 aliphatic carbocycles. The van der Waals surface area contributed by atoms with Crippen molar-refractivity contribution in [1.29, 1.82) is 0 Å². The summed E-state index contributed by atoms with van der Waals surface area (Å²) in [5, 5.41) is 10.6. The zero-order chi connectivity index (χ0) is 15.6. The number of rotatable bonds is 4. The van der Waals surface area contributed by atoms with Crippen molar-refractivity contribution in [3.8, 4) is 0 Å². The molecule has 110 valence electrons. The van der Waals surface area contributed by atoms with Crippen molar-refractivity contribution in [3.05, 3.63) is 56.1 Å². The first-order valence-electron chi connectivity index (χ1n) is 5.38. The normalized spacial score (nSPS) is 11.1. The highest BCUT2D eigenvalue weighted by molar-refractivity contribution is 9.10. The van der Waals surface area contributed by atoms with Gasteiger partial charge in [-0.2, -0.15) is 0 Å². The number of nitrogens with one attached hydrogen (secondary N) is 1. The van der Waals surface area contributed by atoms with Gasteiger partial charge in [0.05, 0.1) is 9.95 Å². The predicted octanol–water partition coefficient (Wildman–Crippen LogP) is 3.21. The number of pyridine rings is 1. The van der Waals surface area contributed by atoms with E-state index in [-0.39, 0.29) is 21.4 Å². The summed E-state index contributed by atoms with van der Waals surface area (Å²) in [6.45, 7) is 0. The first-order chi connectivity index (χ1) is 9.79. The molecule has 1 aromatic carbocycles. The number of non-ortho nitro benzene ring substituents is 1. The van der Waals surface area contributed by atoms with Gasteiger partial charge in [0.2, 0.25) is 0 Å². The van der Waals surface area contributed by atoms with E-state index in [1.54, 1.807) is 6.07 Å². The maximum atomic E-state index is 12.2. The highest BCUT2D eigenvalue weighted by Crippen LogP contribution is 2.27. The lowest BCUT2D eigenvalue weighted by molar-refractivity contribution is -0.385. The molecule has 21 heavy (non-hydrogen) atoms. The highest BCUT2D eigenvalue weighted by Gasteiger charge is 2.22. The average Bonchev–Trinajstić information content (AvgIpc) is 2.41. The van der Waals surface area contributed by atoms with Crippen molar-refractivity contribution in [2.45, 2.75) is 4.90 Å². The minimum Gasteiger partial charge on any atom is -0.263 e. The molecule has 10 heteroatoms. The molecule has 1 N–H and O–H groups in total. The number of halogens is 2. The van der Waals surface area contributed by atoms with Gasteiger partial charge in [-0.25, -0.2) is 13.4 Å². The van der Waals surface area contributed by atoms with Crippen molar-refractivity contribution in [2.24, 2.45) is 0 Å². The number of hydrogen-bond donors (Lipinski definition) is 1. The second-order valence-corrected chi connectivity index (χ2v) is 6.81. The topological polar surface area (TPSA) is 102 Å². The third-order valence-corrected chi connectivity index (χ3v) is 4.69. The van der Waals surface area contributed by atoms with Gasteiger partial charge in [-0.05, 0) is 34.1 Å². The Bertz CT molecular complexity index is 796. The van der Waals surface area contributed by atoms with Gasteiger partial charge in [0, 0.05) is 22.8 Å². The molecule has 0 atom stereocenters. The summed E-state index contributed by atoms with van der Waals surface area (Å²) in [7, 11) is -4.08. The number of hydrogen-bond acceptors (Lipinski definition) is 5. The van der Waals surface area contributed by atoms with Gasteiger partial charge in [0.1, 0.15) is 10.7 Å². The number of nitrogens with zero attached hydrogens (tertiary/aromatic N) is 2. The largest absolute Gasteiger partial charge is 0.270 e. The van der Waals surface area contributed by atoms with Gasteiger partial charge in [-0.3, -0.25) is 14.8 Å². The predicted molar refractivity (Wildman–Crippen MR) is 80.9 cm³/mol. The van der Waals surface area contributed by atoms with E-state index in [1.165, 1.54) is 12.3 Å². The molecule has 0 bridgehead atoms. The smallest absolute Gasteiger partial charge is 0.263 e. The molecule has 0 amide bonds. The Balaban J connectivity index is 2.41. The van der Waals surface area contributed by atoms with Crippen molar-refractivity contribution >= 4 is 49.1 Å². The summed E-state index contributed by atoms with van der Waals surface area (Å²) in [5.41, 5.74) is -0.372. The lowest BCUT2D eigenvalue weighted by Gasteiger charge is -2.08. The van der Waals surface area contributed by atoms with Crippen LogP contribution in [-0.2, 0) is 10.0 Å². The van der Waals surface area contributed by atoms with Gasteiger partial charge in [-0.15, -0.1) is 0 Å². The van der Waals surface area contributed by atoms with E-state index >= 15 is 0 Å². The number of nitro groups is 1. The van der Waals surface area contributed by atoms with Crippen LogP contribution >= 0.6 is 27.5 Å². The molecule has 0 radical (unpaired) electrons. The van der Waals surface area contributed by atoms with E-state index < -0.39 is 14.9 Å². The van der Waals surface area contributed by atoms with Crippen molar-refractivity contribution in [2.75, 3.05) is 4.72 Å². The van der Waals surface area contributed by atoms with Crippen LogP contribution in [-0.4, -0.2) is 18.3 Å². The summed E-state index contributed by atoms with van der Waals surface area (Å²) in [5.74, 6) is 0.0702. The first-order valence-corrected chi connectivity index (χ1v) is 8.03. The van der Waals surface area contributed by atoms with Crippen LogP contribution in [0.1, 0.15) is 0 Å². The number of benzene rings is 1. The van der Waals surface area contributed by atoms with Gasteiger partial charge in [0.15, 0.2) is 0 Å². The minimum atomic E-state index is -4.08. The first kappa shape index (κ1) is 15.7. The lowest BCUT2D eigenvalue weighted by atomic mass is 10.3. The van der Waals surface area contributed by atoms with Crippen LogP contribution in [0, 0.1) is 10.1 Å². The Morgan fingerprint density at radius 2 is 2.00 bits per heavy atom. The van der Waals surface area contributed by atoms with Crippen molar-refractivity contribution in [3.63, 3.8) is 0 Å². The maximum absolute atomic E-state index is 12.2. The Hall–Kier alpha value is -1.71. The van der Waals surface area contributed by atoms with Crippen LogP contribution in [0.5, 0.6) is 0 Å². The monoisotopic (exact) mass is 391 g/mol. The number of aromatic nitrogens is 1. The van der Waals surface area contributed by atoms with E-state index in [4.69, 9.17) is 11.6 Å². The van der Waals surface area contributed by atoms with Crippen LogP contribution in [0.15, 0.2) is 45.9 Å². The second-order valence-electron chi connectivity index (χ2n) is 3.84. The Morgan fingerprint density at radius 1 is 1.29 bits per heavy atom. The number of nitro benzene ring substituents is 1. The van der Waals surface area contributed by atoms with E-state index in [0.29, 0.717) is 4.47 Å². The van der Waals surface area contributed by atoms with Gasteiger partial charge >= 0.3 is 0 Å². The summed E-state index contributed by atoms with van der Waals surface area (Å²) >= 11 is 8.98. The van der Waals surface area contributed by atoms with Crippen LogP contribution in [0.2, 0.25) is 5.02 Å². The molecular weight excluding hydrogens is 386 g/mol. The molecule has 0 fully saturated rings. The summed E-state index contributed by atoms with van der Waals surface area (Å²) in [6.07, 6.45) is 1.41. The molecule has 1 heterocycles. The van der Waals surface area contributed by atoms with Gasteiger partial charge in [0.25, 0.3) is 15.7 Å². The molecule has 1 aromatic heterocycles. The number of sulfonamides is 1. The van der Waals surface area contributed by atoms with E-state index in [1.807, 2.05) is 0 Å². The van der Waals surface area contributed by atoms with E-state index in [9.17, 15) is 18.5 Å². The Kier molecular flexibility index (Phi) is 4.45. The zero-order valence-electron chi connectivity index (χ0n) is 10.2. The van der Waals surface area contributed by atoms with Crippen LogP contribution in [0.4, 0.5) is 11.5 Å². The molecule has 0 unspecified atom stereocenters. The lowest BCUT2D eigenvalue weighted by Crippen LogP contribution is -2.14. The number of anilines is 1. The fourth-order valence-corrected chi connectivity index (χ4v) is 3.20. The molecule has 7 nitrogen and oxygen atoms in total. The highest BCUT2D eigenvalue weighted by atomic mass is 79.9. The molecule has 0 spiro atoms. The zero-order valence-corrected chi connectivity index (χ0v) is 13.3. The summed E-state index contributed by atoms with van der Waals surface area (Å²) < 4.78 is 27.3. The molecule has 0 saturated carbocycles. The third-order valence-electron chi connectivity index (χ3n) is 2.38. The van der Waals surface area contributed by atoms with Crippen molar-refractivity contribution in [1.82, 2.24) is 4.98 Å².